The van der Waals surface area contributed by atoms with E-state index in [0.29, 0.717) is 24.7 Å². The fourth-order valence-corrected chi connectivity index (χ4v) is 1.50. The lowest BCUT2D eigenvalue weighted by Gasteiger charge is -2.03. The van der Waals surface area contributed by atoms with Gasteiger partial charge < -0.3 is 9.84 Å². The van der Waals surface area contributed by atoms with Gasteiger partial charge in [-0.2, -0.15) is 0 Å². The average Bonchev–Trinajstić information content (AvgIpc) is 2.40. The largest absolute Gasteiger partial charge is 0.396 e. The molecule has 0 aromatic heterocycles. The first kappa shape index (κ1) is 4.77. The van der Waals surface area contributed by atoms with Crippen molar-refractivity contribution in [2.24, 2.45) is 5.92 Å². The number of rotatable bonds is 1. The molecule has 0 aromatic carbocycles. The minimum absolute atomic E-state index is 0.358. The molecular formula is C6H10O2. The number of ether oxygens (including phenoxy) is 1. The molecule has 0 radical (unpaired) electrons. The molecule has 1 saturated heterocycles. The third-order valence-electron chi connectivity index (χ3n) is 2.08. The monoisotopic (exact) mass is 114 g/mol. The van der Waals surface area contributed by atoms with Crippen LogP contribution < -0.4 is 0 Å². The van der Waals surface area contributed by atoms with Gasteiger partial charge in [-0.05, 0) is 18.8 Å². The smallest absolute Gasteiger partial charge is 0.0845 e. The van der Waals surface area contributed by atoms with Crippen molar-refractivity contribution < 1.29 is 9.84 Å². The first-order valence-electron chi connectivity index (χ1n) is 3.16. The molecule has 1 saturated carbocycles. The zero-order valence-corrected chi connectivity index (χ0v) is 4.71. The fourth-order valence-electron chi connectivity index (χ4n) is 1.50. The van der Waals surface area contributed by atoms with Gasteiger partial charge in [-0.3, -0.25) is 0 Å². The third kappa shape index (κ3) is 0.565. The molecule has 2 aliphatic rings. The Labute approximate surface area is 48.5 Å². The van der Waals surface area contributed by atoms with Gasteiger partial charge in [0.1, 0.15) is 0 Å². The Bertz CT molecular complexity index is 92.7. The van der Waals surface area contributed by atoms with Gasteiger partial charge in [0.15, 0.2) is 0 Å². The van der Waals surface area contributed by atoms with E-state index in [4.69, 9.17) is 9.84 Å². The molecule has 1 aliphatic heterocycles. The standard InChI is InChI=1S/C6H10O2/c7-3-4-1-5-6(2-4)8-5/h4-7H,1-3H2/t4-,5+,6-. The summed E-state index contributed by atoms with van der Waals surface area (Å²) < 4.78 is 5.17. The molecule has 2 nitrogen and oxygen atoms in total. The topological polar surface area (TPSA) is 32.8 Å². The van der Waals surface area contributed by atoms with Gasteiger partial charge in [-0.15, -0.1) is 0 Å². The van der Waals surface area contributed by atoms with Crippen LogP contribution in [0.15, 0.2) is 0 Å². The van der Waals surface area contributed by atoms with Crippen LogP contribution in [0.1, 0.15) is 12.8 Å². The quantitative estimate of drug-likeness (QED) is 0.492. The maximum atomic E-state index is 8.65. The highest BCUT2D eigenvalue weighted by Gasteiger charge is 2.47. The van der Waals surface area contributed by atoms with Crippen LogP contribution >= 0.6 is 0 Å². The van der Waals surface area contributed by atoms with E-state index in [9.17, 15) is 0 Å². The van der Waals surface area contributed by atoms with Crippen molar-refractivity contribution in [3.05, 3.63) is 0 Å². The molecule has 0 spiro atoms. The van der Waals surface area contributed by atoms with Crippen molar-refractivity contribution >= 4 is 0 Å². The normalized spacial score (nSPS) is 51.4. The predicted octanol–water partition coefficient (Wildman–Crippen LogP) is 0.156. The van der Waals surface area contributed by atoms with E-state index < -0.39 is 0 Å². The van der Waals surface area contributed by atoms with Crippen LogP contribution in [0, 0.1) is 5.92 Å². The minimum Gasteiger partial charge on any atom is -0.396 e. The highest BCUT2D eigenvalue weighted by Crippen LogP contribution is 2.41. The molecule has 1 heterocycles. The highest BCUT2D eigenvalue weighted by molar-refractivity contribution is 4.95. The molecule has 2 heteroatoms. The summed E-state index contributed by atoms with van der Waals surface area (Å²) in [6.07, 6.45) is 3.27. The second kappa shape index (κ2) is 1.45. The zero-order valence-electron chi connectivity index (χ0n) is 4.71. The Morgan fingerprint density at radius 2 is 2.00 bits per heavy atom. The Morgan fingerprint density at radius 3 is 2.38 bits per heavy atom. The van der Waals surface area contributed by atoms with Gasteiger partial charge in [-0.25, -0.2) is 0 Å². The molecular weight excluding hydrogens is 104 g/mol. The summed E-state index contributed by atoms with van der Waals surface area (Å²) in [6, 6.07) is 0. The molecule has 0 unspecified atom stereocenters. The number of hydrogen-bond acceptors (Lipinski definition) is 2. The number of fused-ring (bicyclic) bond motifs is 1. The summed E-state index contributed by atoms with van der Waals surface area (Å²) in [5.74, 6) is 0.554. The number of aliphatic hydroxyl groups is 1. The Hall–Kier alpha value is -0.0800. The molecule has 2 fully saturated rings. The van der Waals surface area contributed by atoms with Gasteiger partial charge in [0.25, 0.3) is 0 Å². The Kier molecular flexibility index (Phi) is 0.866. The summed E-state index contributed by atoms with van der Waals surface area (Å²) in [5.41, 5.74) is 0. The maximum Gasteiger partial charge on any atom is 0.0845 e. The van der Waals surface area contributed by atoms with Crippen LogP contribution in [-0.2, 0) is 4.74 Å². The van der Waals surface area contributed by atoms with Crippen molar-refractivity contribution in [2.45, 2.75) is 25.0 Å². The van der Waals surface area contributed by atoms with E-state index >= 15 is 0 Å². The van der Waals surface area contributed by atoms with Crippen LogP contribution in [0.3, 0.4) is 0 Å². The molecule has 46 valence electrons. The Morgan fingerprint density at radius 1 is 1.38 bits per heavy atom. The lowest BCUT2D eigenvalue weighted by Crippen LogP contribution is -2.03. The summed E-state index contributed by atoms with van der Waals surface area (Å²) in [6.45, 7) is 0.358. The molecule has 0 bridgehead atoms. The van der Waals surface area contributed by atoms with Gasteiger partial charge >= 0.3 is 0 Å². The van der Waals surface area contributed by atoms with Crippen LogP contribution in [0.5, 0.6) is 0 Å². The van der Waals surface area contributed by atoms with Gasteiger partial charge in [0.2, 0.25) is 0 Å². The molecule has 0 aromatic rings. The van der Waals surface area contributed by atoms with Crippen molar-refractivity contribution in [2.75, 3.05) is 6.61 Å². The lowest BCUT2D eigenvalue weighted by molar-refractivity contribution is 0.181. The van der Waals surface area contributed by atoms with E-state index in [1.54, 1.807) is 0 Å². The number of epoxide rings is 1. The molecule has 2 rings (SSSR count). The molecule has 8 heavy (non-hydrogen) atoms. The predicted molar refractivity (Wildman–Crippen MR) is 28.5 cm³/mol. The van der Waals surface area contributed by atoms with Gasteiger partial charge in [-0.1, -0.05) is 0 Å². The van der Waals surface area contributed by atoms with Crippen molar-refractivity contribution in [1.82, 2.24) is 0 Å². The lowest BCUT2D eigenvalue weighted by atomic mass is 10.1. The highest BCUT2D eigenvalue weighted by atomic mass is 16.6. The summed E-state index contributed by atoms with van der Waals surface area (Å²) in [5, 5.41) is 8.65. The minimum atomic E-state index is 0.358. The maximum absolute atomic E-state index is 8.65. The first-order valence-corrected chi connectivity index (χ1v) is 3.16. The van der Waals surface area contributed by atoms with Crippen LogP contribution in [0.4, 0.5) is 0 Å². The van der Waals surface area contributed by atoms with Gasteiger partial charge in [0, 0.05) is 6.61 Å². The first-order chi connectivity index (χ1) is 3.90. The SMILES string of the molecule is OC[C@@H]1C[C@@H]2O[C@@H]2C1. The average molecular weight is 114 g/mol. The van der Waals surface area contributed by atoms with Crippen molar-refractivity contribution in [3.63, 3.8) is 0 Å². The van der Waals surface area contributed by atoms with Crippen molar-refractivity contribution in [3.8, 4) is 0 Å². The van der Waals surface area contributed by atoms with E-state index in [-0.39, 0.29) is 0 Å². The molecule has 0 amide bonds. The van der Waals surface area contributed by atoms with E-state index in [1.807, 2.05) is 0 Å². The van der Waals surface area contributed by atoms with Crippen LogP contribution in [0.25, 0.3) is 0 Å². The number of hydrogen-bond donors (Lipinski definition) is 1. The van der Waals surface area contributed by atoms with Crippen LogP contribution in [-0.4, -0.2) is 23.9 Å². The second-order valence-electron chi connectivity index (χ2n) is 2.73. The summed E-state index contributed by atoms with van der Waals surface area (Å²) in [4.78, 5) is 0. The molecule has 3 atom stereocenters. The fraction of sp³-hybridized carbons (Fsp3) is 1.00. The van der Waals surface area contributed by atoms with Gasteiger partial charge in [0.05, 0.1) is 12.2 Å². The van der Waals surface area contributed by atoms with E-state index in [1.165, 1.54) is 0 Å². The molecule has 1 N–H and O–H groups in total. The molecule has 1 aliphatic carbocycles. The second-order valence-corrected chi connectivity index (χ2v) is 2.73. The van der Waals surface area contributed by atoms with Crippen LogP contribution in [0.2, 0.25) is 0 Å². The van der Waals surface area contributed by atoms with E-state index in [0.717, 1.165) is 12.8 Å². The zero-order chi connectivity index (χ0) is 5.56. The summed E-state index contributed by atoms with van der Waals surface area (Å²) >= 11 is 0. The Balaban J connectivity index is 1.89. The van der Waals surface area contributed by atoms with Crippen molar-refractivity contribution in [1.29, 1.82) is 0 Å². The number of aliphatic hydroxyl groups excluding tert-OH is 1. The third-order valence-corrected chi connectivity index (χ3v) is 2.08. The summed E-state index contributed by atoms with van der Waals surface area (Å²) in [7, 11) is 0. The van der Waals surface area contributed by atoms with E-state index in [2.05, 4.69) is 0 Å².